The van der Waals surface area contributed by atoms with Crippen LogP contribution in [0.3, 0.4) is 0 Å². The zero-order valence-corrected chi connectivity index (χ0v) is 15.1. The molecule has 3 nitrogen and oxygen atoms in total. The van der Waals surface area contributed by atoms with Gasteiger partial charge in [0.2, 0.25) is 0 Å². The van der Waals surface area contributed by atoms with E-state index in [0.29, 0.717) is 11.1 Å². The molecule has 1 heterocycles. The SMILES string of the molecule is CCC1CN(CCC(O)c2ccc(Br)cc2Cl)CCN1C. The Labute approximate surface area is 141 Å². The molecule has 2 unspecified atom stereocenters. The first kappa shape index (κ1) is 17.2. The van der Waals surface area contributed by atoms with E-state index >= 15 is 0 Å². The Morgan fingerprint density at radius 3 is 2.86 bits per heavy atom. The summed E-state index contributed by atoms with van der Waals surface area (Å²) < 4.78 is 0.938. The highest BCUT2D eigenvalue weighted by atomic mass is 79.9. The molecule has 118 valence electrons. The Bertz CT molecular complexity index is 472. The van der Waals surface area contributed by atoms with Crippen molar-refractivity contribution in [2.75, 3.05) is 33.2 Å². The zero-order valence-electron chi connectivity index (χ0n) is 12.7. The van der Waals surface area contributed by atoms with Gasteiger partial charge in [-0.1, -0.05) is 40.5 Å². The number of likely N-dealkylation sites (N-methyl/N-ethyl adjacent to an activating group) is 1. The summed E-state index contributed by atoms with van der Waals surface area (Å²) in [6.45, 7) is 6.42. The van der Waals surface area contributed by atoms with Crippen molar-refractivity contribution in [1.29, 1.82) is 0 Å². The van der Waals surface area contributed by atoms with Gasteiger partial charge in [0.15, 0.2) is 0 Å². The molecule has 0 aromatic heterocycles. The Hall–Kier alpha value is -0.130. The maximum atomic E-state index is 10.4. The fourth-order valence-electron chi connectivity index (χ4n) is 2.89. The van der Waals surface area contributed by atoms with Gasteiger partial charge in [0.05, 0.1) is 6.10 Å². The van der Waals surface area contributed by atoms with E-state index in [1.165, 1.54) is 6.42 Å². The van der Waals surface area contributed by atoms with E-state index in [2.05, 4.69) is 39.7 Å². The molecule has 2 atom stereocenters. The largest absolute Gasteiger partial charge is 0.388 e. The molecule has 1 saturated heterocycles. The lowest BCUT2D eigenvalue weighted by atomic mass is 10.1. The maximum absolute atomic E-state index is 10.4. The van der Waals surface area contributed by atoms with Gasteiger partial charge in [-0.05, 0) is 37.6 Å². The van der Waals surface area contributed by atoms with E-state index in [1.54, 1.807) is 0 Å². The first-order valence-electron chi connectivity index (χ1n) is 7.57. The van der Waals surface area contributed by atoms with Crippen molar-refractivity contribution < 1.29 is 5.11 Å². The minimum Gasteiger partial charge on any atom is -0.388 e. The van der Waals surface area contributed by atoms with Gasteiger partial charge in [-0.2, -0.15) is 0 Å². The number of halogens is 2. The van der Waals surface area contributed by atoms with Gasteiger partial charge in [-0.25, -0.2) is 0 Å². The highest BCUT2D eigenvalue weighted by Gasteiger charge is 2.23. The number of aliphatic hydroxyl groups is 1. The number of hydrogen-bond donors (Lipinski definition) is 1. The van der Waals surface area contributed by atoms with Crippen molar-refractivity contribution in [1.82, 2.24) is 9.80 Å². The lowest BCUT2D eigenvalue weighted by Gasteiger charge is -2.39. The number of aliphatic hydroxyl groups excluding tert-OH is 1. The molecule has 0 saturated carbocycles. The number of hydrogen-bond acceptors (Lipinski definition) is 3. The van der Waals surface area contributed by atoms with Crippen molar-refractivity contribution in [3.8, 4) is 0 Å². The molecule has 0 amide bonds. The molecule has 1 aliphatic rings. The number of nitrogens with zero attached hydrogens (tertiary/aromatic N) is 2. The minimum atomic E-state index is -0.495. The number of benzene rings is 1. The molecule has 2 rings (SSSR count). The summed E-state index contributed by atoms with van der Waals surface area (Å²) in [6.07, 6.45) is 1.40. The van der Waals surface area contributed by atoms with Crippen molar-refractivity contribution in [2.24, 2.45) is 0 Å². The highest BCUT2D eigenvalue weighted by molar-refractivity contribution is 9.10. The maximum Gasteiger partial charge on any atom is 0.0816 e. The van der Waals surface area contributed by atoms with Gasteiger partial charge in [-0.15, -0.1) is 0 Å². The van der Waals surface area contributed by atoms with E-state index in [1.807, 2.05) is 18.2 Å². The Morgan fingerprint density at radius 2 is 2.19 bits per heavy atom. The van der Waals surface area contributed by atoms with Gasteiger partial charge >= 0.3 is 0 Å². The van der Waals surface area contributed by atoms with Gasteiger partial charge in [-0.3, -0.25) is 0 Å². The average Bonchev–Trinajstić information content (AvgIpc) is 2.46. The van der Waals surface area contributed by atoms with Crippen LogP contribution in [0.1, 0.15) is 31.4 Å². The molecule has 0 bridgehead atoms. The highest BCUT2D eigenvalue weighted by Crippen LogP contribution is 2.28. The van der Waals surface area contributed by atoms with Gasteiger partial charge in [0, 0.05) is 41.7 Å². The van der Waals surface area contributed by atoms with Crippen LogP contribution in [-0.2, 0) is 0 Å². The van der Waals surface area contributed by atoms with Crippen LogP contribution in [0.5, 0.6) is 0 Å². The number of rotatable bonds is 5. The molecule has 0 aliphatic carbocycles. The van der Waals surface area contributed by atoms with Crippen LogP contribution in [0.25, 0.3) is 0 Å². The summed E-state index contributed by atoms with van der Waals surface area (Å²) in [4.78, 5) is 4.88. The second kappa shape index (κ2) is 7.93. The normalized spacial score (nSPS) is 22.4. The van der Waals surface area contributed by atoms with E-state index in [0.717, 1.165) is 42.6 Å². The molecule has 1 aliphatic heterocycles. The van der Waals surface area contributed by atoms with Gasteiger partial charge < -0.3 is 14.9 Å². The lowest BCUT2D eigenvalue weighted by molar-refractivity contribution is 0.0755. The average molecular weight is 376 g/mol. The monoisotopic (exact) mass is 374 g/mol. The summed E-state index contributed by atoms with van der Waals surface area (Å²) >= 11 is 9.59. The van der Waals surface area contributed by atoms with Crippen LogP contribution in [-0.4, -0.2) is 54.2 Å². The lowest BCUT2D eigenvalue weighted by Crippen LogP contribution is -2.51. The van der Waals surface area contributed by atoms with Crippen LogP contribution >= 0.6 is 27.5 Å². The summed E-state index contributed by atoms with van der Waals surface area (Å²) in [5.74, 6) is 0. The molecule has 0 spiro atoms. The Morgan fingerprint density at radius 1 is 1.43 bits per heavy atom. The third kappa shape index (κ3) is 4.67. The molecule has 1 N–H and O–H groups in total. The standard InChI is InChI=1S/C16H24BrClN2O/c1-3-13-11-20(9-8-19(13)2)7-6-16(21)14-5-4-12(17)10-15(14)18/h4-5,10,13,16,21H,3,6-9,11H2,1-2H3. The van der Waals surface area contributed by atoms with Crippen molar-refractivity contribution in [3.63, 3.8) is 0 Å². The van der Waals surface area contributed by atoms with Crippen molar-refractivity contribution in [2.45, 2.75) is 31.9 Å². The molecular formula is C16H24BrClN2O. The molecule has 5 heteroatoms. The van der Waals surface area contributed by atoms with E-state index in [4.69, 9.17) is 11.6 Å². The van der Waals surface area contributed by atoms with Crippen LogP contribution in [0.2, 0.25) is 5.02 Å². The predicted molar refractivity (Wildman–Crippen MR) is 91.9 cm³/mol. The topological polar surface area (TPSA) is 26.7 Å². The first-order valence-corrected chi connectivity index (χ1v) is 8.74. The minimum absolute atomic E-state index is 0.495. The smallest absolute Gasteiger partial charge is 0.0816 e. The summed E-state index contributed by atoms with van der Waals surface area (Å²) in [6, 6.07) is 6.29. The fourth-order valence-corrected chi connectivity index (χ4v) is 3.69. The van der Waals surface area contributed by atoms with Crippen molar-refractivity contribution >= 4 is 27.5 Å². The van der Waals surface area contributed by atoms with Crippen LogP contribution in [0.15, 0.2) is 22.7 Å². The fraction of sp³-hybridized carbons (Fsp3) is 0.625. The molecule has 21 heavy (non-hydrogen) atoms. The Kier molecular flexibility index (Phi) is 6.51. The quantitative estimate of drug-likeness (QED) is 0.852. The predicted octanol–water partition coefficient (Wildman–Crippen LogP) is 3.55. The number of piperazine rings is 1. The van der Waals surface area contributed by atoms with Crippen LogP contribution in [0.4, 0.5) is 0 Å². The molecule has 1 aromatic rings. The summed E-state index contributed by atoms with van der Waals surface area (Å²) in [5.41, 5.74) is 0.820. The van der Waals surface area contributed by atoms with Gasteiger partial charge in [0.1, 0.15) is 0 Å². The summed E-state index contributed by atoms with van der Waals surface area (Å²) in [5, 5.41) is 11.0. The second-order valence-corrected chi connectivity index (χ2v) is 7.14. The first-order chi connectivity index (χ1) is 10.0. The van der Waals surface area contributed by atoms with Crippen molar-refractivity contribution in [3.05, 3.63) is 33.3 Å². The van der Waals surface area contributed by atoms with E-state index < -0.39 is 6.10 Å². The third-order valence-corrected chi connectivity index (χ3v) is 5.19. The molecule has 1 fully saturated rings. The summed E-state index contributed by atoms with van der Waals surface area (Å²) in [7, 11) is 2.20. The second-order valence-electron chi connectivity index (χ2n) is 5.81. The molecule has 0 radical (unpaired) electrons. The third-order valence-electron chi connectivity index (χ3n) is 4.37. The molecule has 1 aromatic carbocycles. The Balaban J connectivity index is 1.87. The zero-order chi connectivity index (χ0) is 15.4. The van der Waals surface area contributed by atoms with E-state index in [-0.39, 0.29) is 0 Å². The van der Waals surface area contributed by atoms with E-state index in [9.17, 15) is 5.11 Å². The molecular weight excluding hydrogens is 352 g/mol. The van der Waals surface area contributed by atoms with Crippen LogP contribution < -0.4 is 0 Å². The van der Waals surface area contributed by atoms with Crippen LogP contribution in [0, 0.1) is 0 Å². The van der Waals surface area contributed by atoms with Gasteiger partial charge in [0.25, 0.3) is 0 Å².